The van der Waals surface area contributed by atoms with Crippen molar-refractivity contribution in [2.75, 3.05) is 13.7 Å². The van der Waals surface area contributed by atoms with Crippen LogP contribution < -0.4 is 5.32 Å². The van der Waals surface area contributed by atoms with E-state index in [2.05, 4.69) is 5.32 Å². The van der Waals surface area contributed by atoms with Crippen LogP contribution in [0.4, 0.5) is 0 Å². The van der Waals surface area contributed by atoms with Gasteiger partial charge in [-0.2, -0.15) is 5.26 Å². The maximum absolute atomic E-state index is 12.1. The van der Waals surface area contributed by atoms with Crippen LogP contribution in [0.15, 0.2) is 24.3 Å². The Morgan fingerprint density at radius 3 is 3.00 bits per heavy atom. The largest absolute Gasteiger partial charge is 0.467 e. The highest BCUT2D eigenvalue weighted by Gasteiger charge is 2.28. The molecule has 1 saturated heterocycles. The normalized spacial score (nSPS) is 18.3. The van der Waals surface area contributed by atoms with Gasteiger partial charge in [0, 0.05) is 13.0 Å². The molecule has 2 atom stereocenters. The summed E-state index contributed by atoms with van der Waals surface area (Å²) in [6, 6.07) is 8.16. The predicted molar refractivity (Wildman–Crippen MR) is 77.8 cm³/mol. The molecule has 1 aliphatic heterocycles. The molecular formula is C16H18N2O4. The highest BCUT2D eigenvalue weighted by Crippen LogP contribution is 2.13. The molecule has 0 spiro atoms. The van der Waals surface area contributed by atoms with Crippen molar-refractivity contribution in [3.05, 3.63) is 35.4 Å². The van der Waals surface area contributed by atoms with E-state index in [-0.39, 0.29) is 12.3 Å². The van der Waals surface area contributed by atoms with E-state index in [0.717, 1.165) is 12.0 Å². The zero-order valence-corrected chi connectivity index (χ0v) is 12.4. The number of hydrogen-bond donors (Lipinski definition) is 1. The van der Waals surface area contributed by atoms with Crippen LogP contribution in [0.1, 0.15) is 24.0 Å². The standard InChI is InChI=1S/C16H18N2O4/c1-21-16(20)13(18-15(19)14-6-3-7-22-14)9-11-4-2-5-12(8-11)10-17/h2,4-5,8,13-14H,3,6-7,9H2,1H3,(H,18,19)/t13-,14+/m0/s1. The van der Waals surface area contributed by atoms with Gasteiger partial charge < -0.3 is 14.8 Å². The van der Waals surface area contributed by atoms with E-state index >= 15 is 0 Å². The second-order valence-corrected chi connectivity index (χ2v) is 5.10. The summed E-state index contributed by atoms with van der Waals surface area (Å²) in [5.41, 5.74) is 1.29. The number of carbonyl (C=O) groups excluding carboxylic acids is 2. The SMILES string of the molecule is COC(=O)[C@H](Cc1cccc(C#N)c1)NC(=O)[C@H]1CCCO1. The number of amides is 1. The van der Waals surface area contributed by atoms with Crippen LogP contribution in [-0.4, -0.2) is 37.7 Å². The molecule has 22 heavy (non-hydrogen) atoms. The molecule has 2 rings (SSSR count). The average molecular weight is 302 g/mol. The molecule has 1 heterocycles. The fourth-order valence-corrected chi connectivity index (χ4v) is 2.39. The topological polar surface area (TPSA) is 88.4 Å². The minimum absolute atomic E-state index is 0.265. The minimum Gasteiger partial charge on any atom is -0.467 e. The molecule has 1 fully saturated rings. The maximum Gasteiger partial charge on any atom is 0.328 e. The van der Waals surface area contributed by atoms with Crippen LogP contribution >= 0.6 is 0 Å². The lowest BCUT2D eigenvalue weighted by Gasteiger charge is -2.18. The van der Waals surface area contributed by atoms with E-state index < -0.39 is 18.1 Å². The Labute approximate surface area is 129 Å². The van der Waals surface area contributed by atoms with Crippen molar-refractivity contribution >= 4 is 11.9 Å². The number of ether oxygens (including phenoxy) is 2. The Balaban J connectivity index is 2.07. The summed E-state index contributed by atoms with van der Waals surface area (Å²) in [5.74, 6) is -0.821. The van der Waals surface area contributed by atoms with E-state index in [1.807, 2.05) is 6.07 Å². The Morgan fingerprint density at radius 2 is 2.36 bits per heavy atom. The molecule has 116 valence electrons. The number of methoxy groups -OCH3 is 1. The Kier molecular flexibility index (Phi) is 5.50. The number of nitrogens with zero attached hydrogens (tertiary/aromatic N) is 1. The van der Waals surface area contributed by atoms with E-state index in [1.165, 1.54) is 7.11 Å². The first-order chi connectivity index (χ1) is 10.6. The number of esters is 1. The maximum atomic E-state index is 12.1. The number of carbonyl (C=O) groups is 2. The van der Waals surface area contributed by atoms with Gasteiger partial charge in [0.05, 0.1) is 18.7 Å². The van der Waals surface area contributed by atoms with Crippen molar-refractivity contribution in [3.63, 3.8) is 0 Å². The summed E-state index contributed by atoms with van der Waals surface area (Å²) in [4.78, 5) is 24.0. The van der Waals surface area contributed by atoms with Crippen LogP contribution in [-0.2, 0) is 25.5 Å². The molecule has 1 aromatic rings. The van der Waals surface area contributed by atoms with Crippen molar-refractivity contribution in [2.24, 2.45) is 0 Å². The quantitative estimate of drug-likeness (QED) is 0.818. The fourth-order valence-electron chi connectivity index (χ4n) is 2.39. The number of nitriles is 1. The monoisotopic (exact) mass is 302 g/mol. The summed E-state index contributed by atoms with van der Waals surface area (Å²) in [5, 5.41) is 11.6. The Morgan fingerprint density at radius 1 is 1.55 bits per heavy atom. The van der Waals surface area contributed by atoms with E-state index in [1.54, 1.807) is 24.3 Å². The molecule has 6 heteroatoms. The van der Waals surface area contributed by atoms with Crippen LogP contribution in [0.2, 0.25) is 0 Å². The summed E-state index contributed by atoms with van der Waals surface area (Å²) < 4.78 is 10.1. The van der Waals surface area contributed by atoms with E-state index in [4.69, 9.17) is 14.7 Å². The van der Waals surface area contributed by atoms with Crippen LogP contribution in [0.25, 0.3) is 0 Å². The lowest BCUT2D eigenvalue weighted by Crippen LogP contribution is -2.47. The third-order valence-corrected chi connectivity index (χ3v) is 3.52. The van der Waals surface area contributed by atoms with Gasteiger partial charge in [-0.3, -0.25) is 4.79 Å². The number of benzene rings is 1. The van der Waals surface area contributed by atoms with Crippen molar-refractivity contribution < 1.29 is 19.1 Å². The first-order valence-corrected chi connectivity index (χ1v) is 7.13. The average Bonchev–Trinajstić information content (AvgIpc) is 3.08. The Bertz CT molecular complexity index is 588. The molecule has 1 aliphatic rings. The molecule has 1 aromatic carbocycles. The molecular weight excluding hydrogens is 284 g/mol. The summed E-state index contributed by atoms with van der Waals surface area (Å²) in [7, 11) is 1.28. The Hall–Kier alpha value is -2.39. The van der Waals surface area contributed by atoms with Crippen LogP contribution in [0, 0.1) is 11.3 Å². The first-order valence-electron chi connectivity index (χ1n) is 7.13. The highest BCUT2D eigenvalue weighted by molar-refractivity contribution is 5.87. The summed E-state index contributed by atoms with van der Waals surface area (Å²) >= 11 is 0. The molecule has 0 saturated carbocycles. The van der Waals surface area contributed by atoms with Crippen LogP contribution in [0.5, 0.6) is 0 Å². The smallest absolute Gasteiger partial charge is 0.328 e. The molecule has 0 bridgehead atoms. The molecule has 1 N–H and O–H groups in total. The van der Waals surface area contributed by atoms with Crippen molar-refractivity contribution in [2.45, 2.75) is 31.4 Å². The second-order valence-electron chi connectivity index (χ2n) is 5.10. The van der Waals surface area contributed by atoms with Gasteiger partial charge >= 0.3 is 5.97 Å². The molecule has 0 aromatic heterocycles. The van der Waals surface area contributed by atoms with Gasteiger partial charge in [0.25, 0.3) is 0 Å². The third-order valence-electron chi connectivity index (χ3n) is 3.52. The van der Waals surface area contributed by atoms with Crippen molar-refractivity contribution in [1.82, 2.24) is 5.32 Å². The minimum atomic E-state index is -0.796. The van der Waals surface area contributed by atoms with Crippen LogP contribution in [0.3, 0.4) is 0 Å². The van der Waals surface area contributed by atoms with Gasteiger partial charge in [-0.05, 0) is 30.5 Å². The van der Waals surface area contributed by atoms with Gasteiger partial charge in [0.15, 0.2) is 0 Å². The van der Waals surface area contributed by atoms with Crippen molar-refractivity contribution in [3.8, 4) is 6.07 Å². The molecule has 1 amide bonds. The van der Waals surface area contributed by atoms with E-state index in [9.17, 15) is 9.59 Å². The molecule has 6 nitrogen and oxygen atoms in total. The zero-order valence-electron chi connectivity index (χ0n) is 12.4. The predicted octanol–water partition coefficient (Wildman–Crippen LogP) is 0.938. The van der Waals surface area contributed by atoms with Gasteiger partial charge in [-0.25, -0.2) is 4.79 Å². The van der Waals surface area contributed by atoms with Gasteiger partial charge in [-0.1, -0.05) is 12.1 Å². The van der Waals surface area contributed by atoms with Gasteiger partial charge in [0.1, 0.15) is 12.1 Å². The number of rotatable bonds is 5. The number of nitrogens with one attached hydrogen (secondary N) is 1. The lowest BCUT2D eigenvalue weighted by atomic mass is 10.0. The lowest BCUT2D eigenvalue weighted by molar-refractivity contribution is -0.146. The van der Waals surface area contributed by atoms with Gasteiger partial charge in [-0.15, -0.1) is 0 Å². The zero-order chi connectivity index (χ0) is 15.9. The summed E-state index contributed by atoms with van der Waals surface area (Å²) in [6.07, 6.45) is 1.26. The molecule has 0 radical (unpaired) electrons. The fraction of sp³-hybridized carbons (Fsp3) is 0.438. The van der Waals surface area contributed by atoms with Gasteiger partial charge in [0.2, 0.25) is 5.91 Å². The molecule has 0 aliphatic carbocycles. The number of hydrogen-bond acceptors (Lipinski definition) is 5. The van der Waals surface area contributed by atoms with E-state index in [0.29, 0.717) is 18.6 Å². The summed E-state index contributed by atoms with van der Waals surface area (Å²) in [6.45, 7) is 0.561. The first kappa shape index (κ1) is 16.0. The molecule has 0 unspecified atom stereocenters. The second kappa shape index (κ2) is 7.57. The van der Waals surface area contributed by atoms with Crippen molar-refractivity contribution in [1.29, 1.82) is 5.26 Å². The third kappa shape index (κ3) is 4.06. The highest BCUT2D eigenvalue weighted by atomic mass is 16.5.